The molecule has 0 radical (unpaired) electrons. The quantitative estimate of drug-likeness (QED) is 0.800. The predicted octanol–water partition coefficient (Wildman–Crippen LogP) is 1.58. The van der Waals surface area contributed by atoms with Gasteiger partial charge in [0.15, 0.2) is 0 Å². The SMILES string of the molecule is Cc1ccc2nc(CC(=O)NCCCO)ccc2c1. The number of hydrogen-bond donors (Lipinski definition) is 2. The van der Waals surface area contributed by atoms with Crippen LogP contribution in [0.2, 0.25) is 0 Å². The maximum absolute atomic E-state index is 11.6. The summed E-state index contributed by atoms with van der Waals surface area (Å²) in [4.78, 5) is 16.1. The Kier molecular flexibility index (Phi) is 4.47. The van der Waals surface area contributed by atoms with Crippen LogP contribution in [0.3, 0.4) is 0 Å². The molecule has 19 heavy (non-hydrogen) atoms. The molecular formula is C15H18N2O2. The first-order valence-electron chi connectivity index (χ1n) is 6.43. The Labute approximate surface area is 112 Å². The Balaban J connectivity index is 2.05. The number of aliphatic hydroxyl groups is 1. The van der Waals surface area contributed by atoms with Gasteiger partial charge in [-0.2, -0.15) is 0 Å². The Morgan fingerprint density at radius 1 is 1.32 bits per heavy atom. The summed E-state index contributed by atoms with van der Waals surface area (Å²) in [5.41, 5.74) is 2.87. The molecule has 100 valence electrons. The van der Waals surface area contributed by atoms with Crippen LogP contribution in [0.15, 0.2) is 30.3 Å². The molecule has 4 heteroatoms. The summed E-state index contributed by atoms with van der Waals surface area (Å²) in [6.07, 6.45) is 0.853. The number of nitrogens with one attached hydrogen (secondary N) is 1. The van der Waals surface area contributed by atoms with Crippen LogP contribution in [0.25, 0.3) is 10.9 Å². The molecule has 2 rings (SSSR count). The van der Waals surface area contributed by atoms with E-state index >= 15 is 0 Å². The Hall–Kier alpha value is -1.94. The van der Waals surface area contributed by atoms with E-state index in [1.165, 1.54) is 5.56 Å². The number of rotatable bonds is 5. The van der Waals surface area contributed by atoms with Crippen LogP contribution in [-0.2, 0) is 11.2 Å². The first-order chi connectivity index (χ1) is 9.19. The van der Waals surface area contributed by atoms with Gasteiger partial charge in [-0.3, -0.25) is 9.78 Å². The number of aliphatic hydroxyl groups excluding tert-OH is 1. The van der Waals surface area contributed by atoms with Gasteiger partial charge >= 0.3 is 0 Å². The Bertz CT molecular complexity index is 581. The molecule has 2 N–H and O–H groups in total. The van der Waals surface area contributed by atoms with E-state index in [1.54, 1.807) is 0 Å². The van der Waals surface area contributed by atoms with Gasteiger partial charge in [0.05, 0.1) is 17.6 Å². The largest absolute Gasteiger partial charge is 0.396 e. The van der Waals surface area contributed by atoms with Crippen molar-refractivity contribution < 1.29 is 9.90 Å². The van der Waals surface area contributed by atoms with E-state index in [9.17, 15) is 4.79 Å². The van der Waals surface area contributed by atoms with Gasteiger partial charge in [0.1, 0.15) is 0 Å². The lowest BCUT2D eigenvalue weighted by Crippen LogP contribution is -2.26. The molecule has 2 aromatic rings. The molecule has 0 saturated heterocycles. The van der Waals surface area contributed by atoms with Crippen LogP contribution in [0.4, 0.5) is 0 Å². The van der Waals surface area contributed by atoms with Crippen molar-refractivity contribution in [1.82, 2.24) is 10.3 Å². The number of benzene rings is 1. The molecule has 0 aliphatic rings. The third kappa shape index (κ3) is 3.76. The standard InChI is InChI=1S/C15H18N2O2/c1-11-3-6-14-12(9-11)4-5-13(17-14)10-15(19)16-7-2-8-18/h3-6,9,18H,2,7-8,10H2,1H3,(H,16,19). The lowest BCUT2D eigenvalue weighted by molar-refractivity contribution is -0.120. The van der Waals surface area contributed by atoms with Crippen LogP contribution in [0.1, 0.15) is 17.7 Å². The lowest BCUT2D eigenvalue weighted by atomic mass is 10.1. The van der Waals surface area contributed by atoms with E-state index in [-0.39, 0.29) is 18.9 Å². The number of hydrogen-bond acceptors (Lipinski definition) is 3. The number of amides is 1. The topological polar surface area (TPSA) is 62.2 Å². The van der Waals surface area contributed by atoms with Crippen molar-refractivity contribution in [2.24, 2.45) is 0 Å². The molecule has 0 aliphatic carbocycles. The van der Waals surface area contributed by atoms with Crippen molar-refractivity contribution in [3.8, 4) is 0 Å². The molecule has 1 aromatic heterocycles. The van der Waals surface area contributed by atoms with Crippen molar-refractivity contribution in [2.45, 2.75) is 19.8 Å². The molecular weight excluding hydrogens is 240 g/mol. The van der Waals surface area contributed by atoms with Gasteiger partial charge in [-0.05, 0) is 31.5 Å². The lowest BCUT2D eigenvalue weighted by Gasteiger charge is -2.05. The molecule has 0 unspecified atom stereocenters. The van der Waals surface area contributed by atoms with E-state index in [0.29, 0.717) is 13.0 Å². The van der Waals surface area contributed by atoms with E-state index in [0.717, 1.165) is 16.6 Å². The number of carbonyl (C=O) groups is 1. The van der Waals surface area contributed by atoms with Gasteiger partial charge in [-0.15, -0.1) is 0 Å². The normalized spacial score (nSPS) is 10.6. The zero-order chi connectivity index (χ0) is 13.7. The smallest absolute Gasteiger partial charge is 0.226 e. The highest BCUT2D eigenvalue weighted by Crippen LogP contribution is 2.14. The second-order valence-electron chi connectivity index (χ2n) is 4.60. The molecule has 1 amide bonds. The van der Waals surface area contributed by atoms with Crippen LogP contribution < -0.4 is 5.32 Å². The average Bonchev–Trinajstić information content (AvgIpc) is 2.39. The fourth-order valence-electron chi connectivity index (χ4n) is 1.92. The summed E-state index contributed by atoms with van der Waals surface area (Å²) < 4.78 is 0. The van der Waals surface area contributed by atoms with Crippen molar-refractivity contribution in [3.05, 3.63) is 41.6 Å². The summed E-state index contributed by atoms with van der Waals surface area (Å²) in [7, 11) is 0. The number of nitrogens with zero attached hydrogens (tertiary/aromatic N) is 1. The highest BCUT2D eigenvalue weighted by molar-refractivity contribution is 5.82. The molecule has 0 aliphatic heterocycles. The fourth-order valence-corrected chi connectivity index (χ4v) is 1.92. The highest BCUT2D eigenvalue weighted by atomic mass is 16.3. The van der Waals surface area contributed by atoms with Gasteiger partial charge in [0.2, 0.25) is 5.91 Å². The fraction of sp³-hybridized carbons (Fsp3) is 0.333. The highest BCUT2D eigenvalue weighted by Gasteiger charge is 2.05. The minimum Gasteiger partial charge on any atom is -0.396 e. The monoisotopic (exact) mass is 258 g/mol. The van der Waals surface area contributed by atoms with E-state index in [2.05, 4.69) is 16.4 Å². The van der Waals surface area contributed by atoms with Crippen LogP contribution in [0.5, 0.6) is 0 Å². The van der Waals surface area contributed by atoms with Crippen LogP contribution in [-0.4, -0.2) is 29.1 Å². The minimum atomic E-state index is -0.0626. The second-order valence-corrected chi connectivity index (χ2v) is 4.60. The van der Waals surface area contributed by atoms with Crippen LogP contribution >= 0.6 is 0 Å². The number of fused-ring (bicyclic) bond motifs is 1. The van der Waals surface area contributed by atoms with Crippen molar-refractivity contribution in [1.29, 1.82) is 0 Å². The first kappa shape index (κ1) is 13.5. The van der Waals surface area contributed by atoms with E-state index < -0.39 is 0 Å². The molecule has 0 atom stereocenters. The third-order valence-electron chi connectivity index (χ3n) is 2.90. The predicted molar refractivity (Wildman–Crippen MR) is 74.9 cm³/mol. The van der Waals surface area contributed by atoms with E-state index in [1.807, 2.05) is 31.2 Å². The summed E-state index contributed by atoms with van der Waals surface area (Å²) >= 11 is 0. The summed E-state index contributed by atoms with van der Waals surface area (Å²) in [5.74, 6) is -0.0626. The third-order valence-corrected chi connectivity index (χ3v) is 2.90. The van der Waals surface area contributed by atoms with Crippen LogP contribution in [0, 0.1) is 6.92 Å². The molecule has 4 nitrogen and oxygen atoms in total. The Morgan fingerprint density at radius 3 is 2.95 bits per heavy atom. The molecule has 1 heterocycles. The van der Waals surface area contributed by atoms with Gasteiger partial charge in [-0.1, -0.05) is 17.7 Å². The van der Waals surface area contributed by atoms with E-state index in [4.69, 9.17) is 5.11 Å². The van der Waals surface area contributed by atoms with Gasteiger partial charge < -0.3 is 10.4 Å². The summed E-state index contributed by atoms with van der Waals surface area (Å²) in [6.45, 7) is 2.64. The van der Waals surface area contributed by atoms with Gasteiger partial charge in [0, 0.05) is 18.5 Å². The zero-order valence-corrected chi connectivity index (χ0v) is 11.0. The van der Waals surface area contributed by atoms with Crippen molar-refractivity contribution in [2.75, 3.05) is 13.2 Å². The molecule has 0 saturated carbocycles. The maximum atomic E-state index is 11.6. The molecule has 1 aromatic carbocycles. The second kappa shape index (κ2) is 6.29. The van der Waals surface area contributed by atoms with Gasteiger partial charge in [0.25, 0.3) is 0 Å². The minimum absolute atomic E-state index is 0.0626. The molecule has 0 fully saturated rings. The molecule has 0 bridgehead atoms. The van der Waals surface area contributed by atoms with Gasteiger partial charge in [-0.25, -0.2) is 0 Å². The number of aryl methyl sites for hydroxylation is 1. The molecule has 0 spiro atoms. The summed E-state index contributed by atoms with van der Waals surface area (Å²) in [5, 5.41) is 12.5. The average molecular weight is 258 g/mol. The number of aromatic nitrogens is 1. The zero-order valence-electron chi connectivity index (χ0n) is 11.0. The maximum Gasteiger partial charge on any atom is 0.226 e. The number of pyridine rings is 1. The first-order valence-corrected chi connectivity index (χ1v) is 6.43. The Morgan fingerprint density at radius 2 is 2.16 bits per heavy atom. The van der Waals surface area contributed by atoms with Crippen molar-refractivity contribution >= 4 is 16.8 Å². The number of carbonyl (C=O) groups excluding carboxylic acids is 1. The summed E-state index contributed by atoms with van der Waals surface area (Å²) in [6, 6.07) is 9.94. The van der Waals surface area contributed by atoms with Crippen molar-refractivity contribution in [3.63, 3.8) is 0 Å².